The Kier molecular flexibility index (Phi) is 3.40. The minimum Gasteiger partial charge on any atom is -0.338 e. The van der Waals surface area contributed by atoms with Crippen LogP contribution in [0.3, 0.4) is 0 Å². The summed E-state index contributed by atoms with van der Waals surface area (Å²) in [6.45, 7) is 5.77. The smallest absolute Gasteiger partial charge is 0.210 e. The van der Waals surface area contributed by atoms with Crippen molar-refractivity contribution in [1.29, 1.82) is 0 Å². The van der Waals surface area contributed by atoms with Crippen LogP contribution in [0.4, 0.5) is 0 Å². The first kappa shape index (κ1) is 15.0. The number of carbonyl (C=O) groups is 1. The number of hydrogen-bond acceptors (Lipinski definition) is 1. The molecule has 2 fully saturated rings. The van der Waals surface area contributed by atoms with Crippen LogP contribution < -0.4 is 0 Å². The van der Waals surface area contributed by atoms with Gasteiger partial charge in [-0.05, 0) is 54.4 Å². The first-order chi connectivity index (χ1) is 11.0. The van der Waals surface area contributed by atoms with Crippen molar-refractivity contribution in [2.75, 3.05) is 6.54 Å². The van der Waals surface area contributed by atoms with Crippen LogP contribution in [0.15, 0.2) is 42.0 Å². The van der Waals surface area contributed by atoms with Gasteiger partial charge in [0.15, 0.2) is 0 Å². The number of allylic oxidation sites excluding steroid dienone is 1. The van der Waals surface area contributed by atoms with Gasteiger partial charge in [0.1, 0.15) is 0 Å². The van der Waals surface area contributed by atoms with Crippen molar-refractivity contribution in [1.82, 2.24) is 4.90 Å². The van der Waals surface area contributed by atoms with E-state index in [-0.39, 0.29) is 6.04 Å². The monoisotopic (exact) mass is 309 g/mol. The Morgan fingerprint density at radius 1 is 1.22 bits per heavy atom. The molecule has 3 atom stereocenters. The molecule has 0 N–H and O–H groups in total. The number of carbonyl (C=O) groups excluding carboxylic acids is 1. The molecule has 0 aromatic heterocycles. The van der Waals surface area contributed by atoms with E-state index in [2.05, 4.69) is 50.3 Å². The third-order valence-corrected chi connectivity index (χ3v) is 6.95. The first-order valence-electron chi connectivity index (χ1n) is 9.03. The van der Waals surface area contributed by atoms with Gasteiger partial charge in [0.05, 0.1) is 6.04 Å². The lowest BCUT2D eigenvalue weighted by molar-refractivity contribution is -0.119. The van der Waals surface area contributed by atoms with Gasteiger partial charge in [-0.3, -0.25) is 4.79 Å². The first-order valence-corrected chi connectivity index (χ1v) is 9.03. The van der Waals surface area contributed by atoms with E-state index in [9.17, 15) is 4.79 Å². The molecule has 1 amide bonds. The summed E-state index contributed by atoms with van der Waals surface area (Å²) in [5, 5.41) is 0. The fourth-order valence-corrected chi connectivity index (χ4v) is 5.60. The second kappa shape index (κ2) is 5.22. The lowest BCUT2D eigenvalue weighted by atomic mass is 9.66. The maximum absolute atomic E-state index is 11.7. The molecule has 0 radical (unpaired) electrons. The quantitative estimate of drug-likeness (QED) is 0.605. The molecule has 1 aromatic rings. The lowest BCUT2D eigenvalue weighted by Crippen LogP contribution is -2.35. The average Bonchev–Trinajstić information content (AvgIpc) is 3.00. The van der Waals surface area contributed by atoms with Crippen LogP contribution in [0.25, 0.3) is 0 Å². The van der Waals surface area contributed by atoms with Crippen LogP contribution in [-0.4, -0.2) is 23.9 Å². The molecular weight excluding hydrogens is 282 g/mol. The molecule has 2 saturated carbocycles. The van der Waals surface area contributed by atoms with Gasteiger partial charge < -0.3 is 4.90 Å². The minimum atomic E-state index is 0.211. The van der Waals surface area contributed by atoms with E-state index in [4.69, 9.17) is 0 Å². The van der Waals surface area contributed by atoms with Gasteiger partial charge in [-0.1, -0.05) is 55.8 Å². The van der Waals surface area contributed by atoms with E-state index in [0.29, 0.717) is 10.8 Å². The lowest BCUT2D eigenvalue weighted by Gasteiger charge is -2.38. The highest BCUT2D eigenvalue weighted by Crippen LogP contribution is 2.67. The van der Waals surface area contributed by atoms with Crippen molar-refractivity contribution >= 4 is 6.41 Å². The molecule has 2 bridgehead atoms. The van der Waals surface area contributed by atoms with Gasteiger partial charge in [-0.25, -0.2) is 0 Å². The molecule has 122 valence electrons. The van der Waals surface area contributed by atoms with Gasteiger partial charge in [0.2, 0.25) is 6.41 Å². The van der Waals surface area contributed by atoms with Gasteiger partial charge in [-0.15, -0.1) is 0 Å². The molecule has 2 aliphatic carbocycles. The Bertz CT molecular complexity index is 633. The Morgan fingerprint density at radius 3 is 2.74 bits per heavy atom. The van der Waals surface area contributed by atoms with Gasteiger partial charge in [0.25, 0.3) is 0 Å². The SMILES string of the molecule is CC1(C)C2=CC(Cc3ccccc3)N(C=O)CCC23CCC1C3. The number of nitrogens with zero attached hydrogens (tertiary/aromatic N) is 1. The maximum atomic E-state index is 11.7. The highest BCUT2D eigenvalue weighted by molar-refractivity contribution is 5.50. The van der Waals surface area contributed by atoms with Crippen LogP contribution in [0.2, 0.25) is 0 Å². The Labute approximate surface area is 139 Å². The largest absolute Gasteiger partial charge is 0.338 e. The second-order valence-electron chi connectivity index (χ2n) is 8.37. The molecule has 23 heavy (non-hydrogen) atoms. The van der Waals surface area contributed by atoms with E-state index >= 15 is 0 Å². The summed E-state index contributed by atoms with van der Waals surface area (Å²) in [5.74, 6) is 0.842. The summed E-state index contributed by atoms with van der Waals surface area (Å²) in [5.41, 5.74) is 3.68. The number of fused-ring (bicyclic) bond motifs is 1. The molecule has 1 spiro atoms. The third kappa shape index (κ3) is 2.26. The fourth-order valence-electron chi connectivity index (χ4n) is 5.60. The van der Waals surface area contributed by atoms with Crippen LogP contribution in [-0.2, 0) is 11.2 Å². The molecule has 1 heterocycles. The van der Waals surface area contributed by atoms with Gasteiger partial charge >= 0.3 is 0 Å². The molecule has 3 aliphatic rings. The normalized spacial score (nSPS) is 34.7. The standard InChI is InChI=1S/C21H27NO/c1-20(2)17-8-9-21(14-17)10-11-22(15-23)18(13-19(20)21)12-16-6-4-3-5-7-16/h3-7,13,15,17-18H,8-12,14H2,1-2H3. The molecular formula is C21H27NO. The van der Waals surface area contributed by atoms with Crippen molar-refractivity contribution in [3.8, 4) is 0 Å². The minimum absolute atomic E-state index is 0.211. The van der Waals surface area contributed by atoms with E-state index < -0.39 is 0 Å². The van der Waals surface area contributed by atoms with Crippen LogP contribution in [0.5, 0.6) is 0 Å². The van der Waals surface area contributed by atoms with Crippen LogP contribution in [0.1, 0.15) is 45.1 Å². The highest BCUT2D eigenvalue weighted by Gasteiger charge is 2.58. The average molecular weight is 309 g/mol. The molecule has 1 aliphatic heterocycles. The van der Waals surface area contributed by atoms with Crippen molar-refractivity contribution in [3.63, 3.8) is 0 Å². The molecule has 2 heteroatoms. The summed E-state index contributed by atoms with van der Waals surface area (Å²) in [4.78, 5) is 13.7. The fraction of sp³-hybridized carbons (Fsp3) is 0.571. The molecule has 3 unspecified atom stereocenters. The van der Waals surface area contributed by atoms with E-state index in [1.54, 1.807) is 5.57 Å². The van der Waals surface area contributed by atoms with Gasteiger partial charge in [-0.2, -0.15) is 0 Å². The number of hydrogen-bond donors (Lipinski definition) is 0. The number of amides is 1. The highest BCUT2D eigenvalue weighted by atomic mass is 16.1. The maximum Gasteiger partial charge on any atom is 0.210 e. The molecule has 1 aromatic carbocycles. The zero-order valence-corrected chi connectivity index (χ0v) is 14.3. The Hall–Kier alpha value is -1.57. The van der Waals surface area contributed by atoms with Crippen molar-refractivity contribution < 1.29 is 4.79 Å². The zero-order chi connectivity index (χ0) is 16.1. The van der Waals surface area contributed by atoms with Crippen molar-refractivity contribution in [2.24, 2.45) is 16.7 Å². The molecule has 0 saturated heterocycles. The molecule has 2 nitrogen and oxygen atoms in total. The third-order valence-electron chi connectivity index (χ3n) is 6.95. The molecule has 4 rings (SSSR count). The van der Waals surface area contributed by atoms with Gasteiger partial charge in [0, 0.05) is 6.54 Å². The summed E-state index contributed by atoms with van der Waals surface area (Å²) in [6.07, 6.45) is 9.68. The topological polar surface area (TPSA) is 20.3 Å². The van der Waals surface area contributed by atoms with Crippen molar-refractivity contribution in [3.05, 3.63) is 47.5 Å². The predicted octanol–water partition coefficient (Wildman–Crippen LogP) is 4.21. The Balaban J connectivity index is 1.72. The summed E-state index contributed by atoms with van der Waals surface area (Å²) >= 11 is 0. The van der Waals surface area contributed by atoms with E-state index in [0.717, 1.165) is 31.7 Å². The zero-order valence-electron chi connectivity index (χ0n) is 14.3. The van der Waals surface area contributed by atoms with Crippen molar-refractivity contribution in [2.45, 2.75) is 52.0 Å². The number of benzene rings is 1. The van der Waals surface area contributed by atoms with Crippen LogP contribution >= 0.6 is 0 Å². The van der Waals surface area contributed by atoms with E-state index in [1.807, 2.05) is 4.90 Å². The van der Waals surface area contributed by atoms with E-state index in [1.165, 1.54) is 24.8 Å². The summed E-state index contributed by atoms with van der Waals surface area (Å²) in [7, 11) is 0. The summed E-state index contributed by atoms with van der Waals surface area (Å²) < 4.78 is 0. The second-order valence-corrected chi connectivity index (χ2v) is 8.37. The number of rotatable bonds is 3. The van der Waals surface area contributed by atoms with Crippen LogP contribution in [0, 0.1) is 16.7 Å². The summed E-state index contributed by atoms with van der Waals surface area (Å²) in [6, 6.07) is 10.8. The predicted molar refractivity (Wildman–Crippen MR) is 93.0 cm³/mol. The Morgan fingerprint density at radius 2 is 2.00 bits per heavy atom.